The maximum Gasteiger partial charge on any atom is 0.274 e. The zero-order chi connectivity index (χ0) is 30.8. The number of unbranched alkanes of at least 4 members (excludes halogenated alkanes) is 4. The van der Waals surface area contributed by atoms with Gasteiger partial charge in [0.05, 0.1) is 28.2 Å². The van der Waals surface area contributed by atoms with Crippen LogP contribution in [0.2, 0.25) is 10.0 Å². The van der Waals surface area contributed by atoms with Gasteiger partial charge in [-0.1, -0.05) is 72.4 Å². The fraction of sp³-hybridized carbons (Fsp3) is 0.452. The van der Waals surface area contributed by atoms with E-state index in [-0.39, 0.29) is 11.5 Å². The average molecular weight is 645 g/mol. The van der Waals surface area contributed by atoms with E-state index in [4.69, 9.17) is 28.3 Å². The van der Waals surface area contributed by atoms with Crippen molar-refractivity contribution >= 4 is 57.3 Å². The van der Waals surface area contributed by atoms with Crippen LogP contribution in [0.15, 0.2) is 52.4 Å². The molecule has 0 aliphatic carbocycles. The molecule has 0 aliphatic heterocycles. The molecule has 0 fully saturated rings. The van der Waals surface area contributed by atoms with Crippen LogP contribution >= 0.6 is 35.0 Å². The first-order valence-electron chi connectivity index (χ1n) is 14.6. The number of rotatable bonds is 16. The van der Waals surface area contributed by atoms with E-state index < -0.39 is 0 Å². The van der Waals surface area contributed by atoms with Gasteiger partial charge in [-0.25, -0.2) is 4.68 Å². The Morgan fingerprint density at radius 1 is 0.977 bits per heavy atom. The van der Waals surface area contributed by atoms with Crippen molar-refractivity contribution < 1.29 is 4.79 Å². The van der Waals surface area contributed by atoms with E-state index in [2.05, 4.69) is 20.4 Å². The molecule has 4 rings (SSSR count). The molecule has 0 saturated heterocycles. The molecule has 2 aromatic carbocycles. The second-order valence-corrected chi connectivity index (χ2v) is 12.8. The highest BCUT2D eigenvalue weighted by Crippen LogP contribution is 2.26. The number of thioether (sulfide) groups is 1. The van der Waals surface area contributed by atoms with Gasteiger partial charge in [-0.3, -0.25) is 9.59 Å². The van der Waals surface area contributed by atoms with Crippen molar-refractivity contribution in [3.05, 3.63) is 74.4 Å². The molecule has 2 heterocycles. The third-order valence-electron chi connectivity index (χ3n) is 7.15. The highest BCUT2D eigenvalue weighted by Gasteiger charge is 2.16. The Bertz CT molecular complexity index is 1590. The number of carbonyl (C=O) groups excluding carboxylic acids is 1. The predicted octanol–water partition coefficient (Wildman–Crippen LogP) is 6.45. The maximum absolute atomic E-state index is 13.1. The normalized spacial score (nSPS) is 11.5. The first-order chi connectivity index (χ1) is 20.7. The number of hydrogen-bond acceptors (Lipinski definition) is 7. The summed E-state index contributed by atoms with van der Waals surface area (Å²) in [6.07, 6.45) is 6.86. The van der Waals surface area contributed by atoms with Gasteiger partial charge in [0.15, 0.2) is 5.16 Å². The molecule has 9 nitrogen and oxygen atoms in total. The lowest BCUT2D eigenvalue weighted by molar-refractivity contribution is -0.116. The van der Waals surface area contributed by atoms with E-state index in [1.807, 2.05) is 50.0 Å². The van der Waals surface area contributed by atoms with Crippen LogP contribution in [-0.4, -0.2) is 61.7 Å². The number of benzene rings is 2. The summed E-state index contributed by atoms with van der Waals surface area (Å²) in [6, 6.07) is 12.7. The number of anilines is 1. The minimum Gasteiger partial charge on any atom is -0.325 e. The molecule has 4 aromatic rings. The van der Waals surface area contributed by atoms with Crippen LogP contribution in [0.5, 0.6) is 0 Å². The number of aromatic nitrogens is 5. The van der Waals surface area contributed by atoms with Gasteiger partial charge in [-0.05, 0) is 64.2 Å². The molecule has 1 N–H and O–H groups in total. The lowest BCUT2D eigenvalue weighted by Crippen LogP contribution is -2.26. The minimum atomic E-state index is -0.0570. The number of nitrogens with one attached hydrogen (secondary N) is 1. The number of aryl methyl sites for hydroxylation is 1. The monoisotopic (exact) mass is 643 g/mol. The van der Waals surface area contributed by atoms with E-state index in [1.165, 1.54) is 0 Å². The van der Waals surface area contributed by atoms with Gasteiger partial charge < -0.3 is 14.8 Å². The van der Waals surface area contributed by atoms with Gasteiger partial charge in [0.2, 0.25) is 5.91 Å². The van der Waals surface area contributed by atoms with Gasteiger partial charge in [0.1, 0.15) is 5.82 Å². The maximum atomic E-state index is 13.1. The molecule has 0 radical (unpaired) electrons. The summed E-state index contributed by atoms with van der Waals surface area (Å²) < 4.78 is 3.61. The van der Waals surface area contributed by atoms with Crippen molar-refractivity contribution in [3.8, 4) is 0 Å². The third-order valence-corrected chi connectivity index (χ3v) is 8.81. The van der Waals surface area contributed by atoms with Crippen LogP contribution in [0.3, 0.4) is 0 Å². The van der Waals surface area contributed by atoms with E-state index in [1.54, 1.807) is 34.6 Å². The number of carbonyl (C=O) groups is 1. The van der Waals surface area contributed by atoms with E-state index >= 15 is 0 Å². The van der Waals surface area contributed by atoms with E-state index in [0.717, 1.165) is 72.9 Å². The third kappa shape index (κ3) is 9.53. The molecule has 0 spiro atoms. The Labute approximate surface area is 267 Å². The zero-order valence-corrected chi connectivity index (χ0v) is 27.3. The summed E-state index contributed by atoms with van der Waals surface area (Å²) in [6.45, 7) is 1.46. The number of amides is 1. The lowest BCUT2D eigenvalue weighted by Gasteiger charge is -2.13. The fourth-order valence-corrected chi connectivity index (χ4v) is 6.17. The lowest BCUT2D eigenvalue weighted by atomic mass is 10.1. The fourth-order valence-electron chi connectivity index (χ4n) is 4.78. The van der Waals surface area contributed by atoms with Crippen molar-refractivity contribution in [1.29, 1.82) is 0 Å². The van der Waals surface area contributed by atoms with Crippen molar-refractivity contribution in [2.45, 2.75) is 63.1 Å². The van der Waals surface area contributed by atoms with Gasteiger partial charge in [-0.2, -0.15) is 5.10 Å². The van der Waals surface area contributed by atoms with Crippen LogP contribution in [-0.2, 0) is 24.8 Å². The molecule has 0 bridgehead atoms. The summed E-state index contributed by atoms with van der Waals surface area (Å²) >= 11 is 13.7. The molecule has 0 saturated carbocycles. The van der Waals surface area contributed by atoms with Crippen LogP contribution in [0.1, 0.15) is 56.5 Å². The number of hydrogen-bond donors (Lipinski definition) is 1. The van der Waals surface area contributed by atoms with Crippen molar-refractivity contribution in [3.63, 3.8) is 0 Å². The Hall–Kier alpha value is -2.92. The number of halogens is 2. The second kappa shape index (κ2) is 16.2. The van der Waals surface area contributed by atoms with Crippen LogP contribution < -0.4 is 10.9 Å². The molecule has 0 atom stereocenters. The SMILES string of the molecule is CN(C)CCCn1nc(Cc2nnc(SCCCCCCCC(=O)Nc3ccc(Cl)cc3Cl)n2C)c2ccccc2c1=O. The first-order valence-corrected chi connectivity index (χ1v) is 16.4. The Kier molecular flexibility index (Phi) is 12.5. The number of nitrogens with zero attached hydrogens (tertiary/aromatic N) is 6. The quantitative estimate of drug-likeness (QED) is 0.111. The van der Waals surface area contributed by atoms with E-state index in [9.17, 15) is 9.59 Å². The van der Waals surface area contributed by atoms with Gasteiger partial charge in [-0.15, -0.1) is 10.2 Å². The van der Waals surface area contributed by atoms with Crippen molar-refractivity contribution in [1.82, 2.24) is 29.4 Å². The molecular formula is C31H39Cl2N7O2S. The smallest absolute Gasteiger partial charge is 0.274 e. The largest absolute Gasteiger partial charge is 0.325 e. The van der Waals surface area contributed by atoms with Gasteiger partial charge in [0, 0.05) is 36.2 Å². The van der Waals surface area contributed by atoms with Crippen molar-refractivity contribution in [2.75, 3.05) is 31.7 Å². The molecule has 2 aromatic heterocycles. The van der Waals surface area contributed by atoms with Crippen LogP contribution in [0.4, 0.5) is 5.69 Å². The van der Waals surface area contributed by atoms with Crippen LogP contribution in [0.25, 0.3) is 10.8 Å². The molecule has 12 heteroatoms. The molecule has 43 heavy (non-hydrogen) atoms. The Balaban J connectivity index is 1.22. The summed E-state index contributed by atoms with van der Waals surface area (Å²) in [5.74, 6) is 1.72. The summed E-state index contributed by atoms with van der Waals surface area (Å²) in [5, 5.41) is 19.9. The Morgan fingerprint density at radius 3 is 2.49 bits per heavy atom. The van der Waals surface area contributed by atoms with Gasteiger partial charge >= 0.3 is 0 Å². The average Bonchev–Trinajstić information content (AvgIpc) is 3.32. The molecule has 0 unspecified atom stereocenters. The summed E-state index contributed by atoms with van der Waals surface area (Å²) in [7, 11) is 6.03. The first kappa shape index (κ1) is 33.0. The van der Waals surface area contributed by atoms with Gasteiger partial charge in [0.25, 0.3) is 5.56 Å². The summed E-state index contributed by atoms with van der Waals surface area (Å²) in [5.41, 5.74) is 1.36. The molecular weight excluding hydrogens is 605 g/mol. The zero-order valence-electron chi connectivity index (χ0n) is 25.0. The van der Waals surface area contributed by atoms with Crippen molar-refractivity contribution in [2.24, 2.45) is 7.05 Å². The molecule has 0 aliphatic rings. The topological polar surface area (TPSA) is 97.9 Å². The minimum absolute atomic E-state index is 0.0378. The molecule has 1 amide bonds. The van der Waals surface area contributed by atoms with Crippen LogP contribution in [0, 0.1) is 0 Å². The van der Waals surface area contributed by atoms with E-state index in [0.29, 0.717) is 40.5 Å². The number of fused-ring (bicyclic) bond motifs is 1. The standard InChI is InChI=1S/C31H39Cl2N7O2S/c1-38(2)17-11-18-40-30(42)24-13-9-8-12-23(24)27(37-40)21-28-35-36-31(39(28)3)43-19-10-6-4-5-7-14-29(41)34-26-16-15-22(32)20-25(26)33/h8-9,12-13,15-16,20H,4-7,10-11,14,17-19,21H2,1-3H3,(H,34,41). The summed E-state index contributed by atoms with van der Waals surface area (Å²) in [4.78, 5) is 27.4. The molecule has 230 valence electrons. The predicted molar refractivity (Wildman–Crippen MR) is 177 cm³/mol. The highest BCUT2D eigenvalue weighted by atomic mass is 35.5. The second-order valence-electron chi connectivity index (χ2n) is 10.9. The Morgan fingerprint density at radius 2 is 1.72 bits per heavy atom. The highest BCUT2D eigenvalue weighted by molar-refractivity contribution is 7.99.